The molecular formula is C15H18ClN3OS. The van der Waals surface area contributed by atoms with E-state index in [1.54, 1.807) is 11.3 Å². The van der Waals surface area contributed by atoms with Crippen LogP contribution < -0.4 is 10.6 Å². The van der Waals surface area contributed by atoms with E-state index in [1.165, 1.54) is 0 Å². The molecule has 6 heteroatoms. The quantitative estimate of drug-likeness (QED) is 0.911. The molecule has 0 bridgehead atoms. The van der Waals surface area contributed by atoms with Gasteiger partial charge in [-0.1, -0.05) is 0 Å². The standard InChI is InChI=1S/C15H17N3OS.ClH/c1-10-9-20-15(17-10)11-4-6-12(7-5-11)18-14(19)13-3-2-8-16-13;/h4-7,9,13,16H,2-3,8H2,1H3,(H,18,19);1H. The Morgan fingerprint density at radius 2 is 2.14 bits per heavy atom. The van der Waals surface area contributed by atoms with Crippen LogP contribution in [0.4, 0.5) is 5.69 Å². The second kappa shape index (κ2) is 7.02. The number of benzene rings is 1. The molecule has 1 atom stereocenters. The van der Waals surface area contributed by atoms with Crippen molar-refractivity contribution in [1.29, 1.82) is 0 Å². The number of hydrogen-bond donors (Lipinski definition) is 2. The average Bonchev–Trinajstić information content (AvgIpc) is 3.10. The topological polar surface area (TPSA) is 54.0 Å². The Hall–Kier alpha value is -1.43. The predicted molar refractivity (Wildman–Crippen MR) is 89.2 cm³/mol. The van der Waals surface area contributed by atoms with Gasteiger partial charge < -0.3 is 10.6 Å². The zero-order chi connectivity index (χ0) is 13.9. The van der Waals surface area contributed by atoms with Gasteiger partial charge in [-0.15, -0.1) is 23.7 Å². The molecule has 1 aromatic carbocycles. The summed E-state index contributed by atoms with van der Waals surface area (Å²) in [7, 11) is 0. The van der Waals surface area contributed by atoms with Gasteiger partial charge >= 0.3 is 0 Å². The lowest BCUT2D eigenvalue weighted by molar-refractivity contribution is -0.117. The summed E-state index contributed by atoms with van der Waals surface area (Å²) < 4.78 is 0. The Morgan fingerprint density at radius 1 is 1.38 bits per heavy atom. The molecular weight excluding hydrogens is 306 g/mol. The summed E-state index contributed by atoms with van der Waals surface area (Å²) in [6.45, 7) is 2.92. The van der Waals surface area contributed by atoms with Gasteiger partial charge in [0.15, 0.2) is 0 Å². The molecule has 2 aromatic rings. The molecule has 2 N–H and O–H groups in total. The average molecular weight is 324 g/mol. The van der Waals surface area contributed by atoms with Crippen molar-refractivity contribution in [2.75, 3.05) is 11.9 Å². The van der Waals surface area contributed by atoms with E-state index < -0.39 is 0 Å². The number of aryl methyl sites for hydroxylation is 1. The van der Waals surface area contributed by atoms with Crippen molar-refractivity contribution in [1.82, 2.24) is 10.3 Å². The number of anilines is 1. The van der Waals surface area contributed by atoms with Crippen LogP contribution in [0, 0.1) is 6.92 Å². The maximum Gasteiger partial charge on any atom is 0.241 e. The zero-order valence-electron chi connectivity index (χ0n) is 11.8. The molecule has 21 heavy (non-hydrogen) atoms. The third-order valence-corrected chi connectivity index (χ3v) is 4.40. The summed E-state index contributed by atoms with van der Waals surface area (Å²) in [6.07, 6.45) is 1.99. The van der Waals surface area contributed by atoms with Gasteiger partial charge in [0.1, 0.15) is 5.01 Å². The molecule has 3 rings (SSSR count). The number of nitrogens with zero attached hydrogens (tertiary/aromatic N) is 1. The Morgan fingerprint density at radius 3 is 2.71 bits per heavy atom. The number of hydrogen-bond acceptors (Lipinski definition) is 4. The number of aromatic nitrogens is 1. The first-order valence-electron chi connectivity index (χ1n) is 6.79. The predicted octanol–water partition coefficient (Wildman–Crippen LogP) is 3.23. The second-order valence-corrected chi connectivity index (χ2v) is 5.87. The number of carbonyl (C=O) groups excluding carboxylic acids is 1. The van der Waals surface area contributed by atoms with Crippen molar-refractivity contribution in [2.24, 2.45) is 0 Å². The first-order valence-corrected chi connectivity index (χ1v) is 7.67. The largest absolute Gasteiger partial charge is 0.325 e. The van der Waals surface area contributed by atoms with Gasteiger partial charge in [0.2, 0.25) is 5.91 Å². The highest BCUT2D eigenvalue weighted by Crippen LogP contribution is 2.25. The Kier molecular flexibility index (Phi) is 5.33. The number of carbonyl (C=O) groups is 1. The van der Waals surface area contributed by atoms with Gasteiger partial charge in [0, 0.05) is 22.3 Å². The maximum absolute atomic E-state index is 12.0. The van der Waals surface area contributed by atoms with Crippen molar-refractivity contribution in [3.05, 3.63) is 35.3 Å². The molecule has 0 spiro atoms. The van der Waals surface area contributed by atoms with Gasteiger partial charge in [-0.05, 0) is 50.6 Å². The molecule has 112 valence electrons. The number of nitrogens with one attached hydrogen (secondary N) is 2. The lowest BCUT2D eigenvalue weighted by Gasteiger charge is -2.11. The minimum absolute atomic E-state index is 0. The molecule has 1 aromatic heterocycles. The second-order valence-electron chi connectivity index (χ2n) is 5.01. The lowest BCUT2D eigenvalue weighted by Crippen LogP contribution is -2.35. The van der Waals surface area contributed by atoms with E-state index in [-0.39, 0.29) is 24.4 Å². The van der Waals surface area contributed by atoms with E-state index in [4.69, 9.17) is 0 Å². The first kappa shape index (κ1) is 15.9. The molecule has 1 amide bonds. The smallest absolute Gasteiger partial charge is 0.241 e. The maximum atomic E-state index is 12.0. The van der Waals surface area contributed by atoms with Gasteiger partial charge in [-0.2, -0.15) is 0 Å². The van der Waals surface area contributed by atoms with E-state index in [1.807, 2.05) is 36.6 Å². The summed E-state index contributed by atoms with van der Waals surface area (Å²) in [5.41, 5.74) is 2.95. The summed E-state index contributed by atoms with van der Waals surface area (Å²) in [5, 5.41) is 9.20. The first-order chi connectivity index (χ1) is 9.72. The van der Waals surface area contributed by atoms with Crippen molar-refractivity contribution in [3.63, 3.8) is 0 Å². The van der Waals surface area contributed by atoms with Crippen molar-refractivity contribution in [3.8, 4) is 10.6 Å². The van der Waals surface area contributed by atoms with Crippen LogP contribution in [0.1, 0.15) is 18.5 Å². The van der Waals surface area contributed by atoms with Gasteiger partial charge in [0.25, 0.3) is 0 Å². The summed E-state index contributed by atoms with van der Waals surface area (Å²) in [6, 6.07) is 7.81. The van der Waals surface area contributed by atoms with E-state index in [9.17, 15) is 4.79 Å². The molecule has 1 saturated heterocycles. The minimum Gasteiger partial charge on any atom is -0.325 e. The Balaban J connectivity index is 0.00000161. The normalized spacial score (nSPS) is 17.3. The van der Waals surface area contributed by atoms with E-state index in [2.05, 4.69) is 15.6 Å². The molecule has 0 aliphatic carbocycles. The third-order valence-electron chi connectivity index (χ3n) is 3.40. The highest BCUT2D eigenvalue weighted by molar-refractivity contribution is 7.13. The van der Waals surface area contributed by atoms with Crippen LogP contribution in [0.15, 0.2) is 29.6 Å². The summed E-state index contributed by atoms with van der Waals surface area (Å²) in [5.74, 6) is 0.0559. The van der Waals surface area contributed by atoms with Crippen LogP contribution in [0.2, 0.25) is 0 Å². The zero-order valence-corrected chi connectivity index (χ0v) is 13.4. The van der Waals surface area contributed by atoms with E-state index >= 15 is 0 Å². The molecule has 2 heterocycles. The fraction of sp³-hybridized carbons (Fsp3) is 0.333. The van der Waals surface area contributed by atoms with Crippen molar-refractivity contribution >= 4 is 35.3 Å². The minimum atomic E-state index is -0.0451. The van der Waals surface area contributed by atoms with Crippen LogP contribution in [0.5, 0.6) is 0 Å². The van der Waals surface area contributed by atoms with Crippen LogP contribution in [0.25, 0.3) is 10.6 Å². The van der Waals surface area contributed by atoms with E-state index in [0.717, 1.165) is 41.3 Å². The number of thiazole rings is 1. The Labute approximate surface area is 134 Å². The highest BCUT2D eigenvalue weighted by atomic mass is 35.5. The SMILES string of the molecule is Cc1csc(-c2ccc(NC(=O)C3CCCN3)cc2)n1.Cl. The van der Waals surface area contributed by atoms with Crippen LogP contribution in [-0.4, -0.2) is 23.5 Å². The fourth-order valence-corrected chi connectivity index (χ4v) is 3.12. The van der Waals surface area contributed by atoms with Crippen molar-refractivity contribution < 1.29 is 4.79 Å². The molecule has 1 aliphatic rings. The van der Waals surface area contributed by atoms with Gasteiger partial charge in [-0.25, -0.2) is 4.98 Å². The lowest BCUT2D eigenvalue weighted by atomic mass is 10.2. The van der Waals surface area contributed by atoms with E-state index in [0.29, 0.717) is 0 Å². The van der Waals surface area contributed by atoms with Crippen molar-refractivity contribution in [2.45, 2.75) is 25.8 Å². The molecule has 1 unspecified atom stereocenters. The van der Waals surface area contributed by atoms with Crippen LogP contribution in [0.3, 0.4) is 0 Å². The molecule has 4 nitrogen and oxygen atoms in total. The molecule has 1 fully saturated rings. The Bertz CT molecular complexity index is 606. The molecule has 1 aliphatic heterocycles. The number of rotatable bonds is 3. The van der Waals surface area contributed by atoms with Crippen LogP contribution >= 0.6 is 23.7 Å². The van der Waals surface area contributed by atoms with Gasteiger partial charge in [0.05, 0.1) is 6.04 Å². The van der Waals surface area contributed by atoms with Crippen LogP contribution in [-0.2, 0) is 4.79 Å². The van der Waals surface area contributed by atoms with Gasteiger partial charge in [-0.3, -0.25) is 4.79 Å². The summed E-state index contributed by atoms with van der Waals surface area (Å²) >= 11 is 1.63. The third kappa shape index (κ3) is 3.81. The highest BCUT2D eigenvalue weighted by Gasteiger charge is 2.21. The monoisotopic (exact) mass is 323 g/mol. The fourth-order valence-electron chi connectivity index (χ4n) is 2.32. The molecule has 0 radical (unpaired) electrons. The summed E-state index contributed by atoms with van der Waals surface area (Å²) in [4.78, 5) is 16.4. The number of amides is 1. The number of halogens is 1. The molecule has 0 saturated carbocycles.